The SMILES string of the molecule is O=C(NC1CCCCC1)[C@@H](Sc1cn[nH]n1)c1ccccc1. The van der Waals surface area contributed by atoms with Crippen LogP contribution in [0.2, 0.25) is 0 Å². The van der Waals surface area contributed by atoms with E-state index in [4.69, 9.17) is 0 Å². The Kier molecular flexibility index (Phi) is 5.11. The Morgan fingerprint density at radius 3 is 2.68 bits per heavy atom. The van der Waals surface area contributed by atoms with Crippen LogP contribution in [-0.2, 0) is 4.79 Å². The van der Waals surface area contributed by atoms with Crippen molar-refractivity contribution >= 4 is 17.7 Å². The minimum Gasteiger partial charge on any atom is -0.352 e. The molecule has 1 aromatic heterocycles. The van der Waals surface area contributed by atoms with E-state index in [9.17, 15) is 4.79 Å². The summed E-state index contributed by atoms with van der Waals surface area (Å²) in [5.74, 6) is 0.0612. The van der Waals surface area contributed by atoms with Gasteiger partial charge in [-0.2, -0.15) is 10.3 Å². The minimum atomic E-state index is -0.298. The summed E-state index contributed by atoms with van der Waals surface area (Å²) < 4.78 is 0. The molecule has 6 heteroatoms. The Morgan fingerprint density at radius 1 is 1.23 bits per heavy atom. The van der Waals surface area contributed by atoms with Crippen molar-refractivity contribution in [2.75, 3.05) is 0 Å². The quantitative estimate of drug-likeness (QED) is 0.832. The monoisotopic (exact) mass is 316 g/mol. The van der Waals surface area contributed by atoms with Crippen molar-refractivity contribution in [3.05, 3.63) is 42.1 Å². The van der Waals surface area contributed by atoms with Crippen molar-refractivity contribution in [2.24, 2.45) is 0 Å². The maximum Gasteiger partial charge on any atom is 0.238 e. The van der Waals surface area contributed by atoms with Crippen molar-refractivity contribution in [1.82, 2.24) is 20.7 Å². The molecule has 1 fully saturated rings. The van der Waals surface area contributed by atoms with Gasteiger partial charge in [-0.1, -0.05) is 61.4 Å². The lowest BCUT2D eigenvalue weighted by molar-refractivity contribution is -0.121. The average Bonchev–Trinajstić information content (AvgIpc) is 3.07. The van der Waals surface area contributed by atoms with Crippen molar-refractivity contribution in [2.45, 2.75) is 48.4 Å². The third-order valence-electron chi connectivity index (χ3n) is 3.92. The summed E-state index contributed by atoms with van der Waals surface area (Å²) in [6.45, 7) is 0. The molecule has 1 heterocycles. The van der Waals surface area contributed by atoms with Gasteiger partial charge in [0.2, 0.25) is 5.91 Å². The number of benzene rings is 1. The Bertz CT molecular complexity index is 581. The molecule has 1 aromatic carbocycles. The van der Waals surface area contributed by atoms with E-state index in [1.807, 2.05) is 30.3 Å². The number of hydrogen-bond acceptors (Lipinski definition) is 4. The largest absolute Gasteiger partial charge is 0.352 e. The molecule has 116 valence electrons. The normalized spacial score (nSPS) is 17.1. The molecule has 2 aromatic rings. The first-order valence-electron chi connectivity index (χ1n) is 7.70. The summed E-state index contributed by atoms with van der Waals surface area (Å²) >= 11 is 1.43. The molecular weight excluding hydrogens is 296 g/mol. The van der Waals surface area contributed by atoms with Crippen LogP contribution < -0.4 is 5.32 Å². The number of nitrogens with one attached hydrogen (secondary N) is 2. The van der Waals surface area contributed by atoms with Crippen molar-refractivity contribution < 1.29 is 4.79 Å². The van der Waals surface area contributed by atoms with Gasteiger partial charge in [0.25, 0.3) is 0 Å². The van der Waals surface area contributed by atoms with Crippen LogP contribution in [0.3, 0.4) is 0 Å². The number of carbonyl (C=O) groups is 1. The van der Waals surface area contributed by atoms with Crippen molar-refractivity contribution in [1.29, 1.82) is 0 Å². The Balaban J connectivity index is 1.73. The van der Waals surface area contributed by atoms with Gasteiger partial charge in [-0.15, -0.1) is 5.10 Å². The van der Waals surface area contributed by atoms with Crippen LogP contribution in [0.15, 0.2) is 41.6 Å². The highest BCUT2D eigenvalue weighted by molar-refractivity contribution is 8.00. The number of aromatic nitrogens is 3. The summed E-state index contributed by atoms with van der Waals surface area (Å²) in [6.07, 6.45) is 7.51. The van der Waals surface area contributed by atoms with E-state index in [0.29, 0.717) is 6.04 Å². The fourth-order valence-electron chi connectivity index (χ4n) is 2.79. The molecular formula is C16H20N4OS. The molecule has 1 saturated carbocycles. The molecule has 0 aliphatic heterocycles. The first-order chi connectivity index (χ1) is 10.8. The van der Waals surface area contributed by atoms with Crippen LogP contribution in [0.1, 0.15) is 42.9 Å². The molecule has 0 radical (unpaired) electrons. The van der Waals surface area contributed by atoms with Gasteiger partial charge >= 0.3 is 0 Å². The molecule has 0 saturated heterocycles. The zero-order valence-electron chi connectivity index (χ0n) is 12.4. The van der Waals surface area contributed by atoms with Gasteiger partial charge in [0.05, 0.1) is 6.20 Å². The van der Waals surface area contributed by atoms with E-state index in [-0.39, 0.29) is 11.2 Å². The van der Waals surface area contributed by atoms with Crippen LogP contribution in [0.4, 0.5) is 0 Å². The maximum atomic E-state index is 12.7. The molecule has 0 unspecified atom stereocenters. The van der Waals surface area contributed by atoms with E-state index in [1.54, 1.807) is 6.20 Å². The first kappa shape index (κ1) is 15.1. The highest BCUT2D eigenvalue weighted by Gasteiger charge is 2.25. The van der Waals surface area contributed by atoms with Gasteiger partial charge in [-0.25, -0.2) is 0 Å². The third kappa shape index (κ3) is 3.88. The highest BCUT2D eigenvalue weighted by atomic mass is 32.2. The van der Waals surface area contributed by atoms with Gasteiger partial charge in [0.15, 0.2) is 0 Å². The lowest BCUT2D eigenvalue weighted by Crippen LogP contribution is -2.38. The van der Waals surface area contributed by atoms with Crippen LogP contribution >= 0.6 is 11.8 Å². The fourth-order valence-corrected chi connectivity index (χ4v) is 3.71. The number of thioether (sulfide) groups is 1. The fraction of sp³-hybridized carbons (Fsp3) is 0.438. The summed E-state index contributed by atoms with van der Waals surface area (Å²) in [5.41, 5.74) is 0.990. The number of hydrogen-bond donors (Lipinski definition) is 2. The molecule has 1 atom stereocenters. The van der Waals surface area contributed by atoms with Gasteiger partial charge in [0.1, 0.15) is 10.3 Å². The van der Waals surface area contributed by atoms with Crippen LogP contribution in [0.25, 0.3) is 0 Å². The van der Waals surface area contributed by atoms with Gasteiger partial charge in [-0.05, 0) is 18.4 Å². The molecule has 5 nitrogen and oxygen atoms in total. The smallest absolute Gasteiger partial charge is 0.238 e. The number of amides is 1. The van der Waals surface area contributed by atoms with Crippen LogP contribution in [0.5, 0.6) is 0 Å². The number of H-pyrrole nitrogens is 1. The van der Waals surface area contributed by atoms with E-state index < -0.39 is 0 Å². The molecule has 1 aliphatic carbocycles. The standard InChI is InChI=1S/C16H20N4OS/c21-16(18-13-9-5-2-6-10-13)15(12-7-3-1-4-8-12)22-14-11-17-20-19-14/h1,3-4,7-8,11,13,15H,2,5-6,9-10H2,(H,18,21)(H,17,19,20)/t15-/m0/s1. The van der Waals surface area contributed by atoms with Crippen molar-refractivity contribution in [3.8, 4) is 0 Å². The van der Waals surface area contributed by atoms with E-state index >= 15 is 0 Å². The van der Waals surface area contributed by atoms with Crippen LogP contribution in [-0.4, -0.2) is 27.4 Å². The molecule has 1 amide bonds. The number of carbonyl (C=O) groups excluding carboxylic acids is 1. The molecule has 3 rings (SSSR count). The summed E-state index contributed by atoms with van der Waals surface area (Å²) in [5, 5.41) is 14.1. The van der Waals surface area contributed by atoms with Gasteiger partial charge in [-0.3, -0.25) is 4.79 Å². The number of nitrogens with zero attached hydrogens (tertiary/aromatic N) is 2. The van der Waals surface area contributed by atoms with Gasteiger partial charge in [0, 0.05) is 6.04 Å². The zero-order chi connectivity index (χ0) is 15.2. The lowest BCUT2D eigenvalue weighted by Gasteiger charge is -2.25. The zero-order valence-corrected chi connectivity index (χ0v) is 13.2. The Morgan fingerprint density at radius 2 is 2.00 bits per heavy atom. The second-order valence-corrected chi connectivity index (χ2v) is 6.69. The molecule has 2 N–H and O–H groups in total. The molecule has 0 spiro atoms. The predicted octanol–water partition coefficient (Wildman–Crippen LogP) is 3.09. The second kappa shape index (κ2) is 7.45. The topological polar surface area (TPSA) is 70.7 Å². The number of rotatable bonds is 5. The second-order valence-electron chi connectivity index (χ2n) is 5.56. The number of aromatic amines is 1. The summed E-state index contributed by atoms with van der Waals surface area (Å²) in [6, 6.07) is 10.2. The average molecular weight is 316 g/mol. The summed E-state index contributed by atoms with van der Waals surface area (Å²) in [7, 11) is 0. The molecule has 22 heavy (non-hydrogen) atoms. The first-order valence-corrected chi connectivity index (χ1v) is 8.58. The minimum absolute atomic E-state index is 0.0612. The van der Waals surface area contributed by atoms with Crippen molar-refractivity contribution in [3.63, 3.8) is 0 Å². The summed E-state index contributed by atoms with van der Waals surface area (Å²) in [4.78, 5) is 12.7. The van der Waals surface area contributed by atoms with Crippen LogP contribution in [0, 0.1) is 0 Å². The molecule has 0 bridgehead atoms. The van der Waals surface area contributed by atoms with E-state index in [2.05, 4.69) is 20.7 Å². The van der Waals surface area contributed by atoms with Gasteiger partial charge < -0.3 is 5.32 Å². The third-order valence-corrected chi connectivity index (χ3v) is 5.08. The maximum absolute atomic E-state index is 12.7. The lowest BCUT2D eigenvalue weighted by atomic mass is 9.95. The molecule has 1 aliphatic rings. The van der Waals surface area contributed by atoms with E-state index in [1.165, 1.54) is 31.0 Å². The predicted molar refractivity (Wildman–Crippen MR) is 86.4 cm³/mol. The Labute approximate surface area is 134 Å². The highest BCUT2D eigenvalue weighted by Crippen LogP contribution is 2.34. The van der Waals surface area contributed by atoms with E-state index in [0.717, 1.165) is 23.4 Å². The Hall–Kier alpha value is -1.82.